The minimum Gasteiger partial charge on any atom is -0.490 e. The molecular formula is C19H16O4. The molecule has 0 N–H and O–H groups in total. The zero-order valence-electron chi connectivity index (χ0n) is 12.8. The van der Waals surface area contributed by atoms with E-state index >= 15 is 0 Å². The van der Waals surface area contributed by atoms with Crippen LogP contribution in [0, 0.1) is 0 Å². The van der Waals surface area contributed by atoms with Crippen molar-refractivity contribution in [2.75, 3.05) is 13.2 Å². The molecule has 3 rings (SSSR count). The van der Waals surface area contributed by atoms with Crippen LogP contribution < -0.4 is 4.74 Å². The van der Waals surface area contributed by atoms with E-state index in [1.54, 1.807) is 43.3 Å². The van der Waals surface area contributed by atoms with E-state index in [4.69, 9.17) is 9.47 Å². The van der Waals surface area contributed by atoms with E-state index in [1.165, 1.54) is 0 Å². The molecular weight excluding hydrogens is 292 g/mol. The van der Waals surface area contributed by atoms with E-state index in [9.17, 15) is 9.59 Å². The summed E-state index contributed by atoms with van der Waals surface area (Å²) in [5.41, 5.74) is 3.15. The molecule has 1 aliphatic carbocycles. The maximum atomic E-state index is 12.5. The predicted octanol–water partition coefficient (Wildman–Crippen LogP) is 3.64. The van der Waals surface area contributed by atoms with Gasteiger partial charge < -0.3 is 9.47 Å². The Morgan fingerprint density at radius 1 is 1.09 bits per heavy atom. The number of carbonyl (C=O) groups is 2. The van der Waals surface area contributed by atoms with E-state index in [2.05, 4.69) is 6.58 Å². The lowest BCUT2D eigenvalue weighted by Gasteiger charge is -2.06. The number of rotatable bonds is 5. The summed E-state index contributed by atoms with van der Waals surface area (Å²) >= 11 is 0. The fourth-order valence-corrected chi connectivity index (χ4v) is 2.64. The third kappa shape index (κ3) is 2.63. The molecule has 2 aromatic rings. The van der Waals surface area contributed by atoms with Crippen molar-refractivity contribution >= 4 is 11.8 Å². The summed E-state index contributed by atoms with van der Waals surface area (Å²) in [6, 6.07) is 10.4. The van der Waals surface area contributed by atoms with E-state index in [0.29, 0.717) is 35.7 Å². The SMILES string of the molecule is C=CCOc1ccc2c(c1)-c1ccc(C(=O)OCC)cc1C2=O. The van der Waals surface area contributed by atoms with Gasteiger partial charge in [-0.05, 0) is 48.4 Å². The molecule has 2 aromatic carbocycles. The lowest BCUT2D eigenvalue weighted by Crippen LogP contribution is -2.06. The maximum absolute atomic E-state index is 12.5. The first kappa shape index (κ1) is 15.0. The minimum absolute atomic E-state index is 0.0866. The van der Waals surface area contributed by atoms with Crippen molar-refractivity contribution in [3.05, 3.63) is 65.7 Å². The van der Waals surface area contributed by atoms with Gasteiger partial charge in [0, 0.05) is 11.1 Å². The van der Waals surface area contributed by atoms with Gasteiger partial charge in [0.15, 0.2) is 5.78 Å². The quantitative estimate of drug-likeness (QED) is 0.533. The molecule has 116 valence electrons. The number of fused-ring (bicyclic) bond motifs is 3. The van der Waals surface area contributed by atoms with Crippen LogP contribution in [0.5, 0.6) is 5.75 Å². The lowest BCUT2D eigenvalue weighted by atomic mass is 10.0. The predicted molar refractivity (Wildman–Crippen MR) is 87.0 cm³/mol. The van der Waals surface area contributed by atoms with E-state index < -0.39 is 5.97 Å². The summed E-state index contributed by atoms with van der Waals surface area (Å²) in [7, 11) is 0. The van der Waals surface area contributed by atoms with E-state index in [0.717, 1.165) is 11.1 Å². The van der Waals surface area contributed by atoms with Crippen LogP contribution in [0.3, 0.4) is 0 Å². The normalized spacial score (nSPS) is 11.6. The number of ether oxygens (including phenoxy) is 2. The Morgan fingerprint density at radius 2 is 1.87 bits per heavy atom. The molecule has 23 heavy (non-hydrogen) atoms. The number of hydrogen-bond acceptors (Lipinski definition) is 4. The van der Waals surface area contributed by atoms with Crippen LogP contribution in [-0.4, -0.2) is 25.0 Å². The van der Waals surface area contributed by atoms with Crippen molar-refractivity contribution in [3.8, 4) is 16.9 Å². The Morgan fingerprint density at radius 3 is 2.61 bits per heavy atom. The third-order valence-corrected chi connectivity index (χ3v) is 3.67. The molecule has 0 aromatic heterocycles. The van der Waals surface area contributed by atoms with Crippen LogP contribution >= 0.6 is 0 Å². The number of carbonyl (C=O) groups excluding carboxylic acids is 2. The number of benzene rings is 2. The molecule has 0 radical (unpaired) electrons. The molecule has 0 saturated carbocycles. The molecule has 0 bridgehead atoms. The van der Waals surface area contributed by atoms with E-state index in [-0.39, 0.29) is 5.78 Å². The van der Waals surface area contributed by atoms with Crippen LogP contribution in [0.1, 0.15) is 33.2 Å². The molecule has 0 aliphatic heterocycles. The van der Waals surface area contributed by atoms with Crippen LogP contribution in [0.2, 0.25) is 0 Å². The Hall–Kier alpha value is -2.88. The summed E-state index contributed by atoms with van der Waals surface area (Å²) in [4.78, 5) is 24.4. The Labute approximate surface area is 134 Å². The van der Waals surface area contributed by atoms with Gasteiger partial charge in [0.1, 0.15) is 12.4 Å². The van der Waals surface area contributed by atoms with Crippen molar-refractivity contribution < 1.29 is 19.1 Å². The third-order valence-electron chi connectivity index (χ3n) is 3.67. The van der Waals surface area contributed by atoms with Crippen molar-refractivity contribution in [3.63, 3.8) is 0 Å². The molecule has 0 amide bonds. The first-order chi connectivity index (χ1) is 11.2. The molecule has 0 atom stereocenters. The Balaban J connectivity index is 2.01. The number of ketones is 1. The topological polar surface area (TPSA) is 52.6 Å². The highest BCUT2D eigenvalue weighted by atomic mass is 16.5. The first-order valence-electron chi connectivity index (χ1n) is 7.39. The van der Waals surface area contributed by atoms with Crippen LogP contribution in [0.25, 0.3) is 11.1 Å². The second-order valence-electron chi connectivity index (χ2n) is 5.12. The van der Waals surface area contributed by atoms with Gasteiger partial charge in [-0.25, -0.2) is 4.79 Å². The number of esters is 1. The monoisotopic (exact) mass is 308 g/mol. The second-order valence-corrected chi connectivity index (χ2v) is 5.12. The van der Waals surface area contributed by atoms with Crippen molar-refractivity contribution in [1.82, 2.24) is 0 Å². The molecule has 0 saturated heterocycles. The fraction of sp³-hybridized carbons (Fsp3) is 0.158. The summed E-state index contributed by atoms with van der Waals surface area (Å²) in [5.74, 6) is 0.171. The molecule has 1 aliphatic rings. The summed E-state index contributed by atoms with van der Waals surface area (Å²) in [5, 5.41) is 0. The van der Waals surface area contributed by atoms with Crippen molar-refractivity contribution in [2.45, 2.75) is 6.92 Å². The Kier molecular flexibility index (Phi) is 3.98. The van der Waals surface area contributed by atoms with Gasteiger partial charge in [-0.3, -0.25) is 4.79 Å². The van der Waals surface area contributed by atoms with Gasteiger partial charge in [-0.2, -0.15) is 0 Å². The molecule has 0 heterocycles. The molecule has 0 unspecified atom stereocenters. The molecule has 4 nitrogen and oxygen atoms in total. The zero-order valence-corrected chi connectivity index (χ0v) is 12.8. The second kappa shape index (κ2) is 6.08. The largest absolute Gasteiger partial charge is 0.490 e. The molecule has 0 spiro atoms. The van der Waals surface area contributed by atoms with E-state index in [1.807, 2.05) is 6.07 Å². The average Bonchev–Trinajstić information content (AvgIpc) is 2.85. The smallest absolute Gasteiger partial charge is 0.338 e. The highest BCUT2D eigenvalue weighted by molar-refractivity contribution is 6.22. The number of hydrogen-bond donors (Lipinski definition) is 0. The lowest BCUT2D eigenvalue weighted by molar-refractivity contribution is 0.0526. The first-order valence-corrected chi connectivity index (χ1v) is 7.39. The summed E-state index contributed by atoms with van der Waals surface area (Å²) in [6.45, 7) is 6.07. The highest BCUT2D eigenvalue weighted by Crippen LogP contribution is 2.39. The van der Waals surface area contributed by atoms with Gasteiger partial charge in [0.2, 0.25) is 0 Å². The minimum atomic E-state index is -0.422. The Bertz CT molecular complexity index is 805. The molecule has 0 fully saturated rings. The fourth-order valence-electron chi connectivity index (χ4n) is 2.64. The van der Waals surface area contributed by atoms with Gasteiger partial charge in [-0.1, -0.05) is 18.7 Å². The standard InChI is InChI=1S/C19H16O4/c1-3-9-23-13-6-8-15-16(11-13)14-7-5-12(19(21)22-4-2)10-17(14)18(15)20/h3,5-8,10-11H,1,4,9H2,2H3. The highest BCUT2D eigenvalue weighted by Gasteiger charge is 2.28. The van der Waals surface area contributed by atoms with Gasteiger partial charge in [0.05, 0.1) is 12.2 Å². The van der Waals surface area contributed by atoms with Gasteiger partial charge >= 0.3 is 5.97 Å². The average molecular weight is 308 g/mol. The van der Waals surface area contributed by atoms with Gasteiger partial charge in [-0.15, -0.1) is 0 Å². The van der Waals surface area contributed by atoms with Crippen molar-refractivity contribution in [2.24, 2.45) is 0 Å². The van der Waals surface area contributed by atoms with Crippen LogP contribution in [0.15, 0.2) is 49.1 Å². The zero-order chi connectivity index (χ0) is 16.4. The maximum Gasteiger partial charge on any atom is 0.338 e. The molecule has 4 heteroatoms. The van der Waals surface area contributed by atoms with Crippen LogP contribution in [-0.2, 0) is 4.74 Å². The van der Waals surface area contributed by atoms with Gasteiger partial charge in [0.25, 0.3) is 0 Å². The van der Waals surface area contributed by atoms with Crippen LogP contribution in [0.4, 0.5) is 0 Å². The van der Waals surface area contributed by atoms with Crippen molar-refractivity contribution in [1.29, 1.82) is 0 Å². The summed E-state index contributed by atoms with van der Waals surface area (Å²) in [6.07, 6.45) is 1.66. The summed E-state index contributed by atoms with van der Waals surface area (Å²) < 4.78 is 10.5.